The van der Waals surface area contributed by atoms with Crippen molar-refractivity contribution in [1.82, 2.24) is 4.81 Å². The van der Waals surface area contributed by atoms with E-state index in [0.29, 0.717) is 6.04 Å². The van der Waals surface area contributed by atoms with Gasteiger partial charge in [-0.05, 0) is 0 Å². The quantitative estimate of drug-likeness (QED) is 0.503. The molecule has 1 rings (SSSR count). The van der Waals surface area contributed by atoms with Crippen LogP contribution in [0.2, 0.25) is 20.1 Å². The molecule has 0 spiro atoms. The third-order valence-electron chi connectivity index (χ3n) is 4.85. The van der Waals surface area contributed by atoms with Gasteiger partial charge in [0.25, 0.3) is 0 Å². The molecule has 0 aromatic heterocycles. The Hall–Kier alpha value is 0.0736. The van der Waals surface area contributed by atoms with Gasteiger partial charge in [-0.2, -0.15) is 0 Å². The van der Waals surface area contributed by atoms with Gasteiger partial charge in [0, 0.05) is 0 Å². The summed E-state index contributed by atoms with van der Waals surface area (Å²) in [5, 5.41) is 0.156. The van der Waals surface area contributed by atoms with Crippen molar-refractivity contribution in [1.29, 1.82) is 0 Å². The van der Waals surface area contributed by atoms with Crippen LogP contribution in [0.1, 0.15) is 68.2 Å². The molecule has 0 amide bonds. The minimum atomic E-state index is -2.12. The standard InChI is InChI=1S/C16H30BN2.3CH3.Sn/c1-9-11-13(10-2)19-14(15(3,4)5)12-18-17(19)16(6,7)8;;;;/h12,14H,9-10H2,1-8H3;3*1H3;. The molecule has 1 aliphatic rings. The molecule has 2 nitrogen and oxygen atoms in total. The predicted octanol–water partition coefficient (Wildman–Crippen LogP) is 6.03. The van der Waals surface area contributed by atoms with E-state index in [2.05, 4.69) is 81.2 Å². The van der Waals surface area contributed by atoms with E-state index >= 15 is 0 Å². The monoisotopic (exact) mass is 426 g/mol. The number of nitrogens with zero attached hydrogens (tertiary/aromatic N) is 2. The van der Waals surface area contributed by atoms with E-state index in [1.165, 1.54) is 6.42 Å². The third-order valence-corrected chi connectivity index (χ3v) is 11.8. The second-order valence-electron chi connectivity index (χ2n) is 10.1. The molecule has 0 bridgehead atoms. The van der Waals surface area contributed by atoms with Crippen LogP contribution in [0.15, 0.2) is 14.2 Å². The van der Waals surface area contributed by atoms with Crippen LogP contribution >= 0.6 is 0 Å². The van der Waals surface area contributed by atoms with E-state index in [1.54, 1.807) is 9.29 Å². The van der Waals surface area contributed by atoms with E-state index in [1.807, 2.05) is 0 Å². The van der Waals surface area contributed by atoms with Gasteiger partial charge in [0.15, 0.2) is 0 Å². The van der Waals surface area contributed by atoms with E-state index in [0.717, 1.165) is 6.42 Å². The molecule has 0 fully saturated rings. The number of hydrogen-bond donors (Lipinski definition) is 0. The Morgan fingerprint density at radius 2 is 1.57 bits per heavy atom. The molecule has 1 unspecified atom stereocenters. The maximum atomic E-state index is 4.99. The molecule has 0 saturated heterocycles. The average molecular weight is 425 g/mol. The van der Waals surface area contributed by atoms with Crippen LogP contribution in [0.4, 0.5) is 0 Å². The number of rotatable bonds is 4. The first-order valence-corrected chi connectivity index (χ1v) is 19.3. The molecule has 1 heterocycles. The second kappa shape index (κ2) is 7.13. The molecule has 132 valence electrons. The van der Waals surface area contributed by atoms with Gasteiger partial charge in [0.1, 0.15) is 0 Å². The zero-order chi connectivity index (χ0) is 18.2. The first kappa shape index (κ1) is 21.1. The Labute approximate surface area is 150 Å². The van der Waals surface area contributed by atoms with Crippen LogP contribution in [0, 0.1) is 5.41 Å². The summed E-state index contributed by atoms with van der Waals surface area (Å²) in [6, 6.07) is 0.400. The first-order chi connectivity index (χ1) is 10.2. The predicted molar refractivity (Wildman–Crippen MR) is 110 cm³/mol. The van der Waals surface area contributed by atoms with Gasteiger partial charge in [-0.15, -0.1) is 0 Å². The first-order valence-electron chi connectivity index (χ1n) is 9.29. The topological polar surface area (TPSA) is 15.6 Å². The summed E-state index contributed by atoms with van der Waals surface area (Å²) in [6.07, 6.45) is 4.56. The van der Waals surface area contributed by atoms with Crippen molar-refractivity contribution in [3.05, 3.63) is 9.29 Å². The van der Waals surface area contributed by atoms with Gasteiger partial charge >= 0.3 is 150 Å². The molecule has 23 heavy (non-hydrogen) atoms. The van der Waals surface area contributed by atoms with Gasteiger partial charge in [0.05, 0.1) is 0 Å². The molecule has 1 atom stereocenters. The van der Waals surface area contributed by atoms with Crippen molar-refractivity contribution in [2.75, 3.05) is 0 Å². The van der Waals surface area contributed by atoms with Gasteiger partial charge in [-0.25, -0.2) is 0 Å². The molecular weight excluding hydrogens is 386 g/mol. The van der Waals surface area contributed by atoms with Gasteiger partial charge in [-0.3, -0.25) is 0 Å². The molecule has 0 saturated carbocycles. The van der Waals surface area contributed by atoms with Crippen LogP contribution in [0.5, 0.6) is 0 Å². The van der Waals surface area contributed by atoms with Crippen molar-refractivity contribution in [2.45, 2.75) is 94.4 Å². The minimum absolute atomic E-state index is 0.156. The Morgan fingerprint density at radius 3 is 1.87 bits per heavy atom. The summed E-state index contributed by atoms with van der Waals surface area (Å²) in [5.41, 5.74) is 1.81. The van der Waals surface area contributed by atoms with E-state index in [9.17, 15) is 0 Å². The number of hydrogen-bond acceptors (Lipinski definition) is 2. The molecule has 0 radical (unpaired) electrons. The summed E-state index contributed by atoms with van der Waals surface area (Å²) < 4.78 is 1.79. The average Bonchev–Trinajstić information content (AvgIpc) is 2.77. The Kier molecular flexibility index (Phi) is 6.55. The Balaban J connectivity index is 3.53. The fourth-order valence-electron chi connectivity index (χ4n) is 3.78. The fourth-order valence-corrected chi connectivity index (χ4v) is 10.1. The van der Waals surface area contributed by atoms with Crippen LogP contribution in [0.25, 0.3) is 0 Å². The van der Waals surface area contributed by atoms with E-state index < -0.39 is 18.4 Å². The zero-order valence-electron chi connectivity index (χ0n) is 17.5. The maximum absolute atomic E-state index is 4.99. The number of allylic oxidation sites excluding steroid dienone is 2. The van der Waals surface area contributed by atoms with Crippen LogP contribution < -0.4 is 0 Å². The van der Waals surface area contributed by atoms with Crippen molar-refractivity contribution in [3.63, 3.8) is 0 Å². The molecule has 0 aliphatic carbocycles. The molecule has 0 aromatic carbocycles. The van der Waals surface area contributed by atoms with E-state index in [4.69, 9.17) is 4.90 Å². The fraction of sp³-hybridized carbons (Fsp3) is 0.842. The molecular formula is C19H39BN2Sn. The van der Waals surface area contributed by atoms with Gasteiger partial charge in [-0.1, -0.05) is 0 Å². The summed E-state index contributed by atoms with van der Waals surface area (Å²) >= 11 is -2.12. The molecule has 0 aromatic rings. The summed E-state index contributed by atoms with van der Waals surface area (Å²) in [6.45, 7) is 19.0. The van der Waals surface area contributed by atoms with Crippen LogP contribution in [0.3, 0.4) is 0 Å². The summed E-state index contributed by atoms with van der Waals surface area (Å²) in [5.74, 6) is 0. The van der Waals surface area contributed by atoms with Crippen LogP contribution in [-0.2, 0) is 0 Å². The van der Waals surface area contributed by atoms with Crippen molar-refractivity contribution < 1.29 is 0 Å². The molecule has 4 heteroatoms. The zero-order valence-corrected chi connectivity index (χ0v) is 20.4. The van der Waals surface area contributed by atoms with Crippen molar-refractivity contribution in [3.8, 4) is 0 Å². The molecule has 0 N–H and O–H groups in total. The Bertz CT molecular complexity index is 451. The van der Waals surface area contributed by atoms with Gasteiger partial charge < -0.3 is 0 Å². The summed E-state index contributed by atoms with van der Waals surface area (Å²) in [4.78, 5) is 15.4. The second-order valence-corrected chi connectivity index (χ2v) is 24.7. The van der Waals surface area contributed by atoms with E-state index in [-0.39, 0.29) is 17.7 Å². The normalized spacial score (nSPS) is 21.1. The van der Waals surface area contributed by atoms with Crippen molar-refractivity contribution >= 4 is 31.6 Å². The molecule has 1 aliphatic heterocycles. The van der Waals surface area contributed by atoms with Crippen LogP contribution in [-0.4, -0.2) is 42.4 Å². The SMILES string of the molecule is CC/C(=[C](\CC)[Sn]([CH3])([CH3])[CH3])N1B(C(C)(C)C)N=CC1C(C)(C)C. The third kappa shape index (κ3) is 4.79. The Morgan fingerprint density at radius 1 is 1.04 bits per heavy atom. The van der Waals surface area contributed by atoms with Crippen molar-refractivity contribution in [2.24, 2.45) is 10.3 Å². The van der Waals surface area contributed by atoms with Gasteiger partial charge in [0.2, 0.25) is 0 Å². The summed E-state index contributed by atoms with van der Waals surface area (Å²) in [7, 11) is 0.